The standard InChI is InChI=1S/C19H14ClN5O/c20-17-4-2-1-3-14(17)10-22-19-23-11-15(12-24-19)18(26)25-16-7-5-13(9-21)6-8-16/h1-8,11-12H,10H2,(H,25,26)(H,22,23,24). The molecular weight excluding hydrogens is 350 g/mol. The zero-order valence-corrected chi connectivity index (χ0v) is 14.4. The number of nitrogens with zero attached hydrogens (tertiary/aromatic N) is 3. The SMILES string of the molecule is N#Cc1ccc(NC(=O)c2cnc(NCc3ccccc3Cl)nc2)cc1. The van der Waals surface area contributed by atoms with Gasteiger partial charge < -0.3 is 10.6 Å². The largest absolute Gasteiger partial charge is 0.350 e. The van der Waals surface area contributed by atoms with Crippen molar-refractivity contribution in [1.82, 2.24) is 9.97 Å². The number of anilines is 2. The summed E-state index contributed by atoms with van der Waals surface area (Å²) in [5.41, 5.74) is 2.38. The zero-order chi connectivity index (χ0) is 18.4. The Labute approximate surface area is 155 Å². The predicted octanol–water partition coefficient (Wildman–Crippen LogP) is 3.87. The summed E-state index contributed by atoms with van der Waals surface area (Å²) in [5, 5.41) is 15.2. The third kappa shape index (κ3) is 4.35. The van der Waals surface area contributed by atoms with Crippen molar-refractivity contribution >= 4 is 29.1 Å². The number of carbonyl (C=O) groups is 1. The molecule has 2 N–H and O–H groups in total. The van der Waals surface area contributed by atoms with Gasteiger partial charge in [-0.25, -0.2) is 9.97 Å². The Kier molecular flexibility index (Phi) is 5.42. The Morgan fingerprint density at radius 3 is 2.42 bits per heavy atom. The van der Waals surface area contributed by atoms with Crippen LogP contribution in [0.5, 0.6) is 0 Å². The Morgan fingerprint density at radius 1 is 1.08 bits per heavy atom. The first kappa shape index (κ1) is 17.4. The fourth-order valence-electron chi connectivity index (χ4n) is 2.18. The molecule has 0 radical (unpaired) electrons. The molecule has 0 fully saturated rings. The van der Waals surface area contributed by atoms with Crippen LogP contribution in [0, 0.1) is 11.3 Å². The van der Waals surface area contributed by atoms with E-state index in [4.69, 9.17) is 16.9 Å². The molecule has 26 heavy (non-hydrogen) atoms. The monoisotopic (exact) mass is 363 g/mol. The lowest BCUT2D eigenvalue weighted by Crippen LogP contribution is -2.13. The van der Waals surface area contributed by atoms with Crippen molar-refractivity contribution in [2.45, 2.75) is 6.54 Å². The van der Waals surface area contributed by atoms with Gasteiger partial charge in [0.15, 0.2) is 0 Å². The highest BCUT2D eigenvalue weighted by Crippen LogP contribution is 2.16. The zero-order valence-electron chi connectivity index (χ0n) is 13.6. The van der Waals surface area contributed by atoms with E-state index in [1.54, 1.807) is 24.3 Å². The van der Waals surface area contributed by atoms with Crippen LogP contribution in [-0.2, 0) is 6.54 Å². The van der Waals surface area contributed by atoms with Crippen molar-refractivity contribution in [2.75, 3.05) is 10.6 Å². The summed E-state index contributed by atoms with van der Waals surface area (Å²) in [6.45, 7) is 0.483. The van der Waals surface area contributed by atoms with Crippen LogP contribution in [0.4, 0.5) is 11.6 Å². The van der Waals surface area contributed by atoms with E-state index in [1.165, 1.54) is 12.4 Å². The second-order valence-corrected chi connectivity index (χ2v) is 5.79. The first-order valence-electron chi connectivity index (χ1n) is 7.76. The minimum Gasteiger partial charge on any atom is -0.350 e. The van der Waals surface area contributed by atoms with Crippen LogP contribution >= 0.6 is 11.6 Å². The van der Waals surface area contributed by atoms with Crippen molar-refractivity contribution in [2.24, 2.45) is 0 Å². The van der Waals surface area contributed by atoms with Gasteiger partial charge >= 0.3 is 0 Å². The van der Waals surface area contributed by atoms with Gasteiger partial charge in [-0.2, -0.15) is 5.26 Å². The number of aromatic nitrogens is 2. The Morgan fingerprint density at radius 2 is 1.77 bits per heavy atom. The van der Waals surface area contributed by atoms with Crippen LogP contribution in [0.1, 0.15) is 21.5 Å². The molecule has 128 valence electrons. The average molecular weight is 364 g/mol. The molecule has 0 atom stereocenters. The van der Waals surface area contributed by atoms with Gasteiger partial charge in [0.1, 0.15) is 0 Å². The maximum atomic E-state index is 12.2. The molecule has 1 heterocycles. The van der Waals surface area contributed by atoms with Crippen LogP contribution in [0.2, 0.25) is 5.02 Å². The maximum absolute atomic E-state index is 12.2. The molecule has 0 unspecified atom stereocenters. The third-order valence-corrected chi connectivity index (χ3v) is 3.95. The first-order valence-corrected chi connectivity index (χ1v) is 8.14. The molecule has 0 aliphatic carbocycles. The fourth-order valence-corrected chi connectivity index (χ4v) is 2.39. The van der Waals surface area contributed by atoms with Crippen molar-refractivity contribution in [1.29, 1.82) is 5.26 Å². The van der Waals surface area contributed by atoms with Crippen molar-refractivity contribution in [3.05, 3.63) is 82.6 Å². The topological polar surface area (TPSA) is 90.7 Å². The number of hydrogen-bond acceptors (Lipinski definition) is 5. The van der Waals surface area contributed by atoms with Crippen molar-refractivity contribution in [3.63, 3.8) is 0 Å². The molecule has 1 amide bonds. The van der Waals surface area contributed by atoms with Crippen LogP contribution in [0.25, 0.3) is 0 Å². The normalized spacial score (nSPS) is 10.0. The van der Waals surface area contributed by atoms with Gasteiger partial charge in [0.25, 0.3) is 5.91 Å². The van der Waals surface area contributed by atoms with Crippen LogP contribution in [0.15, 0.2) is 60.9 Å². The van der Waals surface area contributed by atoms with E-state index < -0.39 is 0 Å². The number of halogens is 1. The fraction of sp³-hybridized carbons (Fsp3) is 0.0526. The van der Waals surface area contributed by atoms with Crippen LogP contribution < -0.4 is 10.6 Å². The third-order valence-electron chi connectivity index (χ3n) is 3.58. The lowest BCUT2D eigenvalue weighted by atomic mass is 10.2. The molecule has 3 aromatic rings. The Hall–Kier alpha value is -3.43. The summed E-state index contributed by atoms with van der Waals surface area (Å²) < 4.78 is 0. The molecule has 0 saturated carbocycles. The van der Waals surface area contributed by atoms with E-state index in [2.05, 4.69) is 20.6 Å². The lowest BCUT2D eigenvalue weighted by molar-refractivity contribution is 0.102. The van der Waals surface area contributed by atoms with Crippen molar-refractivity contribution in [3.8, 4) is 6.07 Å². The number of hydrogen-bond donors (Lipinski definition) is 2. The molecule has 0 aliphatic rings. The van der Waals surface area contributed by atoms with Gasteiger partial charge in [-0.05, 0) is 35.9 Å². The molecule has 0 saturated heterocycles. The quantitative estimate of drug-likeness (QED) is 0.718. The second-order valence-electron chi connectivity index (χ2n) is 5.38. The van der Waals surface area contributed by atoms with Crippen molar-refractivity contribution < 1.29 is 4.79 Å². The predicted molar refractivity (Wildman–Crippen MR) is 99.9 cm³/mol. The smallest absolute Gasteiger partial charge is 0.258 e. The molecule has 0 aliphatic heterocycles. The molecule has 7 heteroatoms. The Balaban J connectivity index is 1.60. The first-order chi connectivity index (χ1) is 12.7. The number of nitrogens with one attached hydrogen (secondary N) is 2. The number of nitriles is 1. The lowest BCUT2D eigenvalue weighted by Gasteiger charge is -2.08. The van der Waals surface area contributed by atoms with E-state index in [0.29, 0.717) is 34.3 Å². The summed E-state index contributed by atoms with van der Waals surface area (Å²) in [4.78, 5) is 20.5. The van der Waals surface area contributed by atoms with E-state index in [9.17, 15) is 4.79 Å². The summed E-state index contributed by atoms with van der Waals surface area (Å²) in [7, 11) is 0. The van der Waals surface area contributed by atoms with E-state index in [-0.39, 0.29) is 5.91 Å². The molecule has 6 nitrogen and oxygen atoms in total. The Bertz CT molecular complexity index is 949. The van der Waals surface area contributed by atoms with Crippen LogP contribution in [-0.4, -0.2) is 15.9 Å². The number of benzene rings is 2. The van der Waals surface area contributed by atoms with Gasteiger partial charge in [0, 0.05) is 29.6 Å². The van der Waals surface area contributed by atoms with Crippen LogP contribution in [0.3, 0.4) is 0 Å². The molecule has 2 aromatic carbocycles. The summed E-state index contributed by atoms with van der Waals surface area (Å²) in [6.07, 6.45) is 2.89. The number of carbonyl (C=O) groups excluding carboxylic acids is 1. The highest BCUT2D eigenvalue weighted by Gasteiger charge is 2.08. The summed E-state index contributed by atoms with van der Waals surface area (Å²) in [5.74, 6) is 0.0761. The minimum atomic E-state index is -0.327. The molecule has 0 spiro atoms. The number of amides is 1. The molecule has 1 aromatic heterocycles. The number of rotatable bonds is 5. The van der Waals surface area contributed by atoms with Gasteiger partial charge in [-0.3, -0.25) is 4.79 Å². The average Bonchev–Trinajstić information content (AvgIpc) is 2.68. The van der Waals surface area contributed by atoms with Gasteiger partial charge in [-0.15, -0.1) is 0 Å². The highest BCUT2D eigenvalue weighted by molar-refractivity contribution is 6.31. The van der Waals surface area contributed by atoms with Gasteiger partial charge in [-0.1, -0.05) is 29.8 Å². The highest BCUT2D eigenvalue weighted by atomic mass is 35.5. The summed E-state index contributed by atoms with van der Waals surface area (Å²) >= 11 is 6.10. The van der Waals surface area contributed by atoms with E-state index >= 15 is 0 Å². The second kappa shape index (κ2) is 8.10. The van der Waals surface area contributed by atoms with E-state index in [1.807, 2.05) is 30.3 Å². The molecular formula is C19H14ClN5O. The molecule has 0 bridgehead atoms. The van der Waals surface area contributed by atoms with E-state index in [0.717, 1.165) is 5.56 Å². The molecule has 3 rings (SSSR count). The van der Waals surface area contributed by atoms with Gasteiger partial charge in [0.05, 0.1) is 17.2 Å². The summed E-state index contributed by atoms with van der Waals surface area (Å²) in [6, 6.07) is 16.1. The van der Waals surface area contributed by atoms with Gasteiger partial charge in [0.2, 0.25) is 5.95 Å². The maximum Gasteiger partial charge on any atom is 0.258 e. The minimum absolute atomic E-state index is 0.327.